The lowest BCUT2D eigenvalue weighted by Gasteiger charge is -2.31. The number of rotatable bonds is 40. The molecule has 0 saturated carbocycles. The van der Waals surface area contributed by atoms with E-state index in [-0.39, 0.29) is 10.8 Å². The second kappa shape index (κ2) is 49.7. The molecule has 17 nitrogen and oxygen atoms in total. The van der Waals surface area contributed by atoms with Gasteiger partial charge >= 0.3 is 0 Å². The van der Waals surface area contributed by atoms with Crippen LogP contribution in [0, 0.1) is 38.9 Å². The standard InChI is InChI=1S/C17H35N.C16H33N.2C15H29N3O3S.C14H27N3/c1-5-9-16-10-14-18(15-11-16)13-8-6-7-12-17(2,3)4;1-5-15-9-13-17(14-10-15)12-8-6-7-11-16(2,3)4;2*1-15(2,3)12-14-13-18(17-16-14)6-7-20-8-9-21-10-11-22(4,5)19;1-5-6-7-11-17-12-13(15-16-17)9-8-10-14(2,3)4/h16H,5-15H2,1-4H3;15H,5-14H2,1-4H3;2*13H,4,6-12H2,1-3,5H3;12H,5-11H2,1-4H3. The fourth-order valence-electron chi connectivity index (χ4n) is 11.3. The van der Waals surface area contributed by atoms with Crippen molar-refractivity contribution in [2.45, 2.75) is 292 Å². The van der Waals surface area contributed by atoms with Gasteiger partial charge in [-0.2, -0.15) is 0 Å². The van der Waals surface area contributed by atoms with E-state index in [1.54, 1.807) is 21.9 Å². The number of hydrogen-bond acceptors (Lipinski definition) is 14. The maximum atomic E-state index is 11.3. The number of unbranched alkanes of at least 4 members (excludes halogenated alkanes) is 6. The van der Waals surface area contributed by atoms with Crippen LogP contribution in [-0.2, 0) is 76.9 Å². The van der Waals surface area contributed by atoms with E-state index in [9.17, 15) is 8.42 Å². The average Bonchev–Trinajstić information content (AvgIpc) is 2.02. The maximum Gasteiger partial charge on any atom is 0.0832 e. The zero-order valence-corrected chi connectivity index (χ0v) is 67.8. The molecule has 2 aliphatic rings. The van der Waals surface area contributed by atoms with E-state index in [0.717, 1.165) is 54.7 Å². The first-order chi connectivity index (χ1) is 44.8. The van der Waals surface area contributed by atoms with Crippen molar-refractivity contribution in [3.8, 4) is 0 Å². The van der Waals surface area contributed by atoms with E-state index in [4.69, 9.17) is 18.9 Å². The van der Waals surface area contributed by atoms with Gasteiger partial charge in [-0.25, -0.2) is 9.36 Å². The highest BCUT2D eigenvalue weighted by Crippen LogP contribution is 2.27. The Labute approximate surface area is 592 Å². The van der Waals surface area contributed by atoms with Gasteiger partial charge in [0.25, 0.3) is 0 Å². The predicted octanol–water partition coefficient (Wildman–Crippen LogP) is 16.1. The molecular weight excluding hydrogens is 1240 g/mol. The van der Waals surface area contributed by atoms with Crippen molar-refractivity contribution in [3.63, 3.8) is 0 Å². The van der Waals surface area contributed by atoms with Gasteiger partial charge in [0.15, 0.2) is 0 Å². The first-order valence-electron chi connectivity index (χ1n) is 37.9. The van der Waals surface area contributed by atoms with Crippen LogP contribution in [-0.4, -0.2) is 191 Å². The van der Waals surface area contributed by atoms with Gasteiger partial charge in [-0.3, -0.25) is 13.1 Å². The third-order valence-corrected chi connectivity index (χ3v) is 19.1. The second-order valence-corrected chi connectivity index (χ2v) is 39.8. The molecule has 3 aromatic heterocycles. The Morgan fingerprint density at radius 1 is 0.417 bits per heavy atom. The van der Waals surface area contributed by atoms with Crippen LogP contribution >= 0.6 is 0 Å². The summed E-state index contributed by atoms with van der Waals surface area (Å²) in [6, 6.07) is 0. The van der Waals surface area contributed by atoms with Gasteiger partial charge in [-0.1, -0.05) is 198 Å². The molecule has 0 aromatic carbocycles. The fourth-order valence-corrected chi connectivity index (χ4v) is 12.3. The number of aromatic nitrogens is 9. The van der Waals surface area contributed by atoms with Crippen LogP contribution in [0.1, 0.15) is 270 Å². The summed E-state index contributed by atoms with van der Waals surface area (Å²) in [5.74, 6) is 10.2. The highest BCUT2D eigenvalue weighted by molar-refractivity contribution is 7.99. The Morgan fingerprint density at radius 3 is 1.14 bits per heavy atom. The fraction of sp³-hybridized carbons (Fsp3) is 0.896. The molecule has 2 saturated heterocycles. The Hall–Kier alpha value is -2.78. The molecule has 0 spiro atoms. The van der Waals surface area contributed by atoms with Gasteiger partial charge in [0, 0.05) is 49.2 Å². The number of likely N-dealkylation sites (tertiary alicyclic amines) is 2. The summed E-state index contributed by atoms with van der Waals surface area (Å²) in [5.41, 5.74) is 5.06. The summed E-state index contributed by atoms with van der Waals surface area (Å²) in [5, 5.41) is 24.9. The van der Waals surface area contributed by atoms with Gasteiger partial charge in [0.2, 0.25) is 0 Å². The predicted molar refractivity (Wildman–Crippen MR) is 413 cm³/mol. The molecule has 0 amide bonds. The van der Waals surface area contributed by atoms with Crippen molar-refractivity contribution in [2.24, 2.45) is 38.9 Å². The third-order valence-electron chi connectivity index (χ3n) is 17.0. The van der Waals surface area contributed by atoms with E-state index in [1.165, 1.54) is 168 Å². The minimum atomic E-state index is -1.95. The van der Waals surface area contributed by atoms with Crippen LogP contribution < -0.4 is 0 Å². The van der Waals surface area contributed by atoms with Crippen LogP contribution in [0.25, 0.3) is 0 Å². The molecule has 3 aromatic rings. The summed E-state index contributed by atoms with van der Waals surface area (Å²) in [7, 11) is -3.91. The SMILES string of the molecule is C=S(C)(=O)CCOCCOCCn1cc(CC(C)(C)C)nn1.C=S(C)(=O)CCOCCOCCn1cc(CC(C)(C)C)nn1.CCC1CCN(CCCCCC(C)(C)C)CC1.CCCC1CCN(CCCCCC(C)(C)C)CC1.CCCCCn1cc(CCCC(C)(C)C)nn1. The molecule has 0 N–H and O–H groups in total. The summed E-state index contributed by atoms with van der Waals surface area (Å²) in [6.07, 6.45) is 39.7. The lowest BCUT2D eigenvalue weighted by molar-refractivity contribution is 0.0494. The molecule has 2 atom stereocenters. The maximum absolute atomic E-state index is 11.3. The number of ether oxygens (including phenoxy) is 4. The lowest BCUT2D eigenvalue weighted by atomic mass is 9.89. The molecule has 564 valence electrons. The highest BCUT2D eigenvalue weighted by atomic mass is 32.2. The molecule has 0 aliphatic carbocycles. The zero-order valence-electron chi connectivity index (χ0n) is 66.2. The Balaban J connectivity index is 0.000000603. The monoisotopic (exact) mass is 1390 g/mol. The van der Waals surface area contributed by atoms with Crippen LogP contribution in [0.4, 0.5) is 0 Å². The molecule has 0 radical (unpaired) electrons. The topological polar surface area (TPSA) is 170 Å². The normalized spacial score (nSPS) is 16.1. The molecule has 2 aliphatic heterocycles. The van der Waals surface area contributed by atoms with Crippen molar-refractivity contribution in [1.29, 1.82) is 0 Å². The van der Waals surface area contributed by atoms with Crippen LogP contribution in [0.2, 0.25) is 0 Å². The number of aryl methyl sites for hydroxylation is 2. The molecule has 2 fully saturated rings. The highest BCUT2D eigenvalue weighted by Gasteiger charge is 2.21. The molecule has 0 bridgehead atoms. The van der Waals surface area contributed by atoms with Gasteiger partial charge in [0.05, 0.1) is 83.0 Å². The minimum Gasteiger partial charge on any atom is -0.378 e. The first kappa shape index (κ1) is 91.2. The molecular formula is C77H153N11O6S2. The molecule has 2 unspecified atom stereocenters. The van der Waals surface area contributed by atoms with Crippen molar-refractivity contribution >= 4 is 30.8 Å². The summed E-state index contributed by atoms with van der Waals surface area (Å²) in [4.78, 5) is 5.38. The van der Waals surface area contributed by atoms with Crippen molar-refractivity contribution in [3.05, 3.63) is 35.7 Å². The summed E-state index contributed by atoms with van der Waals surface area (Å²) < 4.78 is 49.9. The Bertz CT molecular complexity index is 2450. The molecule has 96 heavy (non-hydrogen) atoms. The van der Waals surface area contributed by atoms with Crippen molar-refractivity contribution in [2.75, 3.05) is 116 Å². The van der Waals surface area contributed by atoms with Crippen molar-refractivity contribution in [1.82, 2.24) is 54.8 Å². The average molecular weight is 1390 g/mol. The minimum absolute atomic E-state index is 0.213. The Morgan fingerprint density at radius 2 is 0.771 bits per heavy atom. The van der Waals surface area contributed by atoms with E-state index < -0.39 is 19.0 Å². The van der Waals surface area contributed by atoms with E-state index >= 15 is 0 Å². The number of hydrogen-bond donors (Lipinski definition) is 0. The third kappa shape index (κ3) is 57.9. The summed E-state index contributed by atoms with van der Waals surface area (Å²) in [6.45, 7) is 55.6. The van der Waals surface area contributed by atoms with Crippen LogP contribution in [0.15, 0.2) is 18.6 Å². The van der Waals surface area contributed by atoms with Gasteiger partial charge in [-0.15, -0.1) is 15.3 Å². The van der Waals surface area contributed by atoms with Gasteiger partial charge < -0.3 is 28.7 Å². The van der Waals surface area contributed by atoms with E-state index in [0.29, 0.717) is 93.7 Å². The zero-order chi connectivity index (χ0) is 72.2. The Kier molecular flexibility index (Phi) is 47.3. The van der Waals surface area contributed by atoms with Gasteiger partial charge in [0.1, 0.15) is 0 Å². The second-order valence-electron chi connectivity index (χ2n) is 34.3. The summed E-state index contributed by atoms with van der Waals surface area (Å²) >= 11 is 0. The first-order valence-corrected chi connectivity index (χ1v) is 42.5. The number of nitrogens with zero attached hydrogens (tertiary/aromatic N) is 11. The van der Waals surface area contributed by atoms with Gasteiger partial charge in [-0.05, 0) is 199 Å². The lowest BCUT2D eigenvalue weighted by Crippen LogP contribution is -2.34. The number of piperidine rings is 2. The van der Waals surface area contributed by atoms with Crippen LogP contribution in [0.3, 0.4) is 0 Å². The largest absolute Gasteiger partial charge is 0.378 e. The molecule has 19 heteroatoms. The quantitative estimate of drug-likeness (QED) is 0.0389. The molecule has 5 heterocycles. The smallest absolute Gasteiger partial charge is 0.0832 e. The van der Waals surface area contributed by atoms with E-state index in [1.807, 2.05) is 17.1 Å². The van der Waals surface area contributed by atoms with Crippen molar-refractivity contribution < 1.29 is 27.4 Å². The molecule has 5 rings (SSSR count). The van der Waals surface area contributed by atoms with Crippen LogP contribution in [0.5, 0.6) is 0 Å². The van der Waals surface area contributed by atoms with E-state index in [2.05, 4.69) is 183 Å².